The van der Waals surface area contributed by atoms with Crippen LogP contribution in [0, 0.1) is 5.92 Å². The summed E-state index contributed by atoms with van der Waals surface area (Å²) in [6.45, 7) is 2.96. The van der Waals surface area contributed by atoms with Gasteiger partial charge in [0.05, 0.1) is 10.6 Å². The normalized spacial score (nSPS) is 14.1. The fraction of sp³-hybridized carbons (Fsp3) is 0.417. The number of nitrogens with one attached hydrogen (secondary N) is 1. The lowest BCUT2D eigenvalue weighted by Gasteiger charge is -2.18. The first-order chi connectivity index (χ1) is 9.86. The van der Waals surface area contributed by atoms with Crippen molar-refractivity contribution in [1.82, 2.24) is 4.72 Å². The van der Waals surface area contributed by atoms with Crippen LogP contribution >= 0.6 is 11.6 Å². The van der Waals surface area contributed by atoms with Gasteiger partial charge in [0.1, 0.15) is 10.9 Å². The molecule has 0 bridgehead atoms. The second-order valence-electron chi connectivity index (χ2n) is 4.82. The van der Waals surface area contributed by atoms with Gasteiger partial charge in [0.15, 0.2) is 0 Å². The number of rotatable bonds is 5. The van der Waals surface area contributed by atoms with Crippen LogP contribution in [0.25, 0.3) is 0 Å². The number of carboxylic acid groups (broad SMARTS) is 1. The minimum atomic E-state index is -4.67. The average Bonchev–Trinajstić information content (AvgIpc) is 2.33. The van der Waals surface area contributed by atoms with Crippen LogP contribution in [0.15, 0.2) is 23.1 Å². The molecule has 1 rings (SSSR count). The van der Waals surface area contributed by atoms with Gasteiger partial charge in [-0.2, -0.15) is 17.9 Å². The second kappa shape index (κ2) is 6.43. The van der Waals surface area contributed by atoms with Gasteiger partial charge in [0, 0.05) is 0 Å². The summed E-state index contributed by atoms with van der Waals surface area (Å²) < 4.78 is 63.7. The summed E-state index contributed by atoms with van der Waals surface area (Å²) in [5, 5.41) is 8.32. The van der Waals surface area contributed by atoms with Gasteiger partial charge in [0.2, 0.25) is 10.0 Å². The van der Waals surface area contributed by atoms with Crippen LogP contribution in [0.3, 0.4) is 0 Å². The number of carboxylic acids is 1. The number of aliphatic carboxylic acids is 1. The van der Waals surface area contributed by atoms with Crippen molar-refractivity contribution < 1.29 is 31.5 Å². The molecule has 0 spiro atoms. The fourth-order valence-electron chi connectivity index (χ4n) is 1.60. The Balaban J connectivity index is 3.21. The molecule has 0 aliphatic carbocycles. The van der Waals surface area contributed by atoms with Crippen LogP contribution in [0.4, 0.5) is 13.2 Å². The minimum absolute atomic E-state index is 0.473. The Morgan fingerprint density at radius 3 is 2.23 bits per heavy atom. The van der Waals surface area contributed by atoms with Gasteiger partial charge >= 0.3 is 12.1 Å². The van der Waals surface area contributed by atoms with Crippen LogP contribution in [0.1, 0.15) is 19.4 Å². The molecule has 5 nitrogen and oxygen atoms in total. The first-order valence-corrected chi connectivity index (χ1v) is 7.84. The van der Waals surface area contributed by atoms with E-state index in [0.29, 0.717) is 18.2 Å². The van der Waals surface area contributed by atoms with Crippen molar-refractivity contribution in [2.75, 3.05) is 0 Å². The zero-order chi connectivity index (χ0) is 17.3. The van der Waals surface area contributed by atoms with Gasteiger partial charge in [-0.05, 0) is 24.1 Å². The number of carbonyl (C=O) groups is 1. The number of hydrogen-bond acceptors (Lipinski definition) is 3. The molecule has 1 aromatic rings. The summed E-state index contributed by atoms with van der Waals surface area (Å²) in [4.78, 5) is 10.4. The first-order valence-electron chi connectivity index (χ1n) is 5.98. The van der Waals surface area contributed by atoms with Gasteiger partial charge in [-0.1, -0.05) is 25.4 Å². The third kappa shape index (κ3) is 4.34. The Labute approximate surface area is 130 Å². The van der Waals surface area contributed by atoms with Crippen LogP contribution in [0.5, 0.6) is 0 Å². The zero-order valence-corrected chi connectivity index (χ0v) is 13.1. The molecule has 0 heterocycles. The Morgan fingerprint density at radius 1 is 1.32 bits per heavy atom. The van der Waals surface area contributed by atoms with Crippen molar-refractivity contribution in [3.8, 4) is 0 Å². The highest BCUT2D eigenvalue weighted by Gasteiger charge is 2.33. The highest BCUT2D eigenvalue weighted by Crippen LogP contribution is 2.33. The van der Waals surface area contributed by atoms with Gasteiger partial charge in [-0.15, -0.1) is 0 Å². The molecule has 0 saturated heterocycles. The van der Waals surface area contributed by atoms with Gasteiger partial charge in [-0.3, -0.25) is 4.79 Å². The van der Waals surface area contributed by atoms with E-state index < -0.39 is 49.6 Å². The monoisotopic (exact) mass is 359 g/mol. The maximum Gasteiger partial charge on any atom is 0.416 e. The quantitative estimate of drug-likeness (QED) is 0.846. The van der Waals surface area contributed by atoms with E-state index in [1.54, 1.807) is 0 Å². The lowest BCUT2D eigenvalue weighted by Crippen LogP contribution is -2.44. The molecule has 0 aromatic heterocycles. The second-order valence-corrected chi connectivity index (χ2v) is 6.91. The number of halogens is 4. The number of hydrogen-bond donors (Lipinski definition) is 2. The third-order valence-electron chi connectivity index (χ3n) is 2.76. The summed E-state index contributed by atoms with van der Waals surface area (Å²) in [7, 11) is -4.37. The van der Waals surface area contributed by atoms with E-state index in [0.717, 1.165) is 0 Å². The van der Waals surface area contributed by atoms with E-state index in [9.17, 15) is 26.4 Å². The van der Waals surface area contributed by atoms with E-state index in [2.05, 4.69) is 0 Å². The topological polar surface area (TPSA) is 83.5 Å². The molecule has 0 fully saturated rings. The molecule has 0 radical (unpaired) electrons. The average molecular weight is 360 g/mol. The molecule has 0 unspecified atom stereocenters. The molecule has 0 aliphatic rings. The summed E-state index contributed by atoms with van der Waals surface area (Å²) in [5.74, 6) is -1.97. The van der Waals surface area contributed by atoms with Crippen LogP contribution in [0.2, 0.25) is 5.02 Å². The van der Waals surface area contributed by atoms with Gasteiger partial charge in [0.25, 0.3) is 0 Å². The molecule has 0 amide bonds. The lowest BCUT2D eigenvalue weighted by molar-refractivity contribution is -0.140. The van der Waals surface area contributed by atoms with Crippen LogP contribution in [-0.2, 0) is 21.0 Å². The van der Waals surface area contributed by atoms with Crippen molar-refractivity contribution in [3.05, 3.63) is 28.8 Å². The molecule has 22 heavy (non-hydrogen) atoms. The third-order valence-corrected chi connectivity index (χ3v) is 4.69. The highest BCUT2D eigenvalue weighted by atomic mass is 35.5. The fourth-order valence-corrected chi connectivity index (χ4v) is 3.48. The van der Waals surface area contributed by atoms with E-state index in [-0.39, 0.29) is 0 Å². The molecular formula is C12H13ClF3NO4S. The van der Waals surface area contributed by atoms with Gasteiger partial charge < -0.3 is 5.11 Å². The molecule has 0 saturated carbocycles. The number of benzene rings is 1. The first kappa shape index (κ1) is 18.7. The largest absolute Gasteiger partial charge is 0.480 e. The number of sulfonamides is 1. The maximum absolute atomic E-state index is 12.5. The molecular weight excluding hydrogens is 347 g/mol. The predicted octanol–water partition coefficient (Wildman–Crippen LogP) is 2.75. The van der Waals surface area contributed by atoms with E-state index in [1.807, 2.05) is 4.72 Å². The van der Waals surface area contributed by atoms with Crippen LogP contribution < -0.4 is 4.72 Å². The lowest BCUT2D eigenvalue weighted by atomic mass is 10.1. The molecule has 2 N–H and O–H groups in total. The smallest absolute Gasteiger partial charge is 0.416 e. The van der Waals surface area contributed by atoms with E-state index in [4.69, 9.17) is 16.7 Å². The SMILES string of the molecule is CC(C)[C@@H](NS(=O)(=O)c1ccc(C(F)(F)F)cc1Cl)C(=O)O. The van der Waals surface area contributed by atoms with Crippen LogP contribution in [-0.4, -0.2) is 25.5 Å². The van der Waals surface area contributed by atoms with Crippen molar-refractivity contribution in [1.29, 1.82) is 0 Å². The summed E-state index contributed by atoms with van der Waals surface area (Å²) >= 11 is 5.60. The molecule has 10 heteroatoms. The Morgan fingerprint density at radius 2 is 1.86 bits per heavy atom. The highest BCUT2D eigenvalue weighted by molar-refractivity contribution is 7.89. The van der Waals surface area contributed by atoms with E-state index >= 15 is 0 Å². The summed E-state index contributed by atoms with van der Waals surface area (Å²) in [5.41, 5.74) is -1.10. The molecule has 0 aliphatic heterocycles. The summed E-state index contributed by atoms with van der Waals surface area (Å²) in [6.07, 6.45) is -4.67. The van der Waals surface area contributed by atoms with Crippen molar-refractivity contribution in [3.63, 3.8) is 0 Å². The predicted molar refractivity (Wildman–Crippen MR) is 73.0 cm³/mol. The molecule has 124 valence electrons. The molecule has 1 atom stereocenters. The maximum atomic E-state index is 12.5. The molecule has 1 aromatic carbocycles. The Hall–Kier alpha value is -1.32. The van der Waals surface area contributed by atoms with E-state index in [1.165, 1.54) is 13.8 Å². The van der Waals surface area contributed by atoms with Crippen molar-refractivity contribution in [2.24, 2.45) is 5.92 Å². The van der Waals surface area contributed by atoms with Crippen molar-refractivity contribution in [2.45, 2.75) is 31.0 Å². The minimum Gasteiger partial charge on any atom is -0.480 e. The Kier molecular flexibility index (Phi) is 5.47. The number of alkyl halides is 3. The van der Waals surface area contributed by atoms with Crippen molar-refractivity contribution >= 4 is 27.6 Å². The van der Waals surface area contributed by atoms with Gasteiger partial charge in [-0.25, -0.2) is 8.42 Å². The standard InChI is InChI=1S/C12H13ClF3NO4S/c1-6(2)10(11(18)19)17-22(20,21)9-4-3-7(5-8(9)13)12(14,15)16/h3-6,10,17H,1-2H3,(H,18,19)/t10-/m1/s1. The Bertz CT molecular complexity index is 673. The zero-order valence-electron chi connectivity index (χ0n) is 11.5. The summed E-state index contributed by atoms with van der Waals surface area (Å²) in [6, 6.07) is 0.294.